The second-order valence-corrected chi connectivity index (χ2v) is 14.0. The summed E-state index contributed by atoms with van der Waals surface area (Å²) >= 11 is 0. The molecule has 4 heteroatoms. The zero-order valence-electron chi connectivity index (χ0n) is 18.3. The van der Waals surface area contributed by atoms with Gasteiger partial charge in [0, 0.05) is 5.56 Å². The van der Waals surface area contributed by atoms with Crippen molar-refractivity contribution in [3.8, 4) is 0 Å². The van der Waals surface area contributed by atoms with Crippen LogP contribution in [0.25, 0.3) is 0 Å². The molecule has 0 amide bonds. The van der Waals surface area contributed by atoms with E-state index in [1.807, 2.05) is 42.5 Å². The molecule has 29 heavy (non-hydrogen) atoms. The highest BCUT2D eigenvalue weighted by molar-refractivity contribution is 6.74. The van der Waals surface area contributed by atoms with E-state index in [9.17, 15) is 0 Å². The first kappa shape index (κ1) is 21.5. The van der Waals surface area contributed by atoms with Crippen LogP contribution in [0.5, 0.6) is 0 Å². The van der Waals surface area contributed by atoms with Crippen molar-refractivity contribution in [2.45, 2.75) is 63.6 Å². The summed E-state index contributed by atoms with van der Waals surface area (Å²) in [6.45, 7) is 15.4. The highest BCUT2D eigenvalue weighted by Crippen LogP contribution is 2.39. The van der Waals surface area contributed by atoms with E-state index < -0.39 is 8.32 Å². The van der Waals surface area contributed by atoms with Gasteiger partial charge in [0.2, 0.25) is 5.90 Å². The summed E-state index contributed by atoms with van der Waals surface area (Å²) in [5, 5.41) is 0.111. The maximum absolute atomic E-state index is 6.85. The van der Waals surface area contributed by atoms with Gasteiger partial charge >= 0.3 is 0 Å². The second kappa shape index (κ2) is 8.68. The fourth-order valence-electron chi connectivity index (χ4n) is 3.25. The Labute approximate surface area is 176 Å². The van der Waals surface area contributed by atoms with E-state index in [-0.39, 0.29) is 23.3 Å². The molecule has 2 aromatic carbocycles. The topological polar surface area (TPSA) is 30.8 Å². The molecule has 0 bridgehead atoms. The Kier molecular flexibility index (Phi) is 6.44. The Bertz CT molecular complexity index is 840. The van der Waals surface area contributed by atoms with E-state index in [4.69, 9.17) is 14.2 Å². The van der Waals surface area contributed by atoms with E-state index in [0.717, 1.165) is 12.0 Å². The minimum atomic E-state index is -2.01. The van der Waals surface area contributed by atoms with Crippen LogP contribution in [0.2, 0.25) is 18.1 Å². The number of ether oxygens (including phenoxy) is 1. The van der Waals surface area contributed by atoms with Crippen LogP contribution in [0.3, 0.4) is 0 Å². The number of nitrogens with zero attached hydrogens (tertiary/aromatic N) is 1. The number of benzene rings is 2. The Balaban J connectivity index is 1.99. The molecule has 0 spiro atoms. The zero-order valence-corrected chi connectivity index (χ0v) is 19.3. The molecule has 154 valence electrons. The number of rotatable bonds is 6. The van der Waals surface area contributed by atoms with Crippen molar-refractivity contribution in [1.29, 1.82) is 0 Å². The first-order valence-electron chi connectivity index (χ1n) is 10.4. The molecule has 0 radical (unpaired) electrons. The van der Waals surface area contributed by atoms with Gasteiger partial charge in [0.15, 0.2) is 8.32 Å². The van der Waals surface area contributed by atoms with Crippen molar-refractivity contribution >= 4 is 14.2 Å². The van der Waals surface area contributed by atoms with Crippen molar-refractivity contribution in [2.24, 2.45) is 4.99 Å². The van der Waals surface area contributed by atoms with Crippen molar-refractivity contribution < 1.29 is 9.16 Å². The van der Waals surface area contributed by atoms with Gasteiger partial charge in [0.25, 0.3) is 0 Å². The molecule has 1 aliphatic rings. The summed E-state index contributed by atoms with van der Waals surface area (Å²) < 4.78 is 13.1. The highest BCUT2D eigenvalue weighted by atomic mass is 28.4. The lowest BCUT2D eigenvalue weighted by Crippen LogP contribution is -2.53. The van der Waals surface area contributed by atoms with Crippen LogP contribution < -0.4 is 0 Å². The van der Waals surface area contributed by atoms with Crippen LogP contribution in [0.1, 0.15) is 31.9 Å². The van der Waals surface area contributed by atoms with Gasteiger partial charge in [0.05, 0.1) is 6.04 Å². The summed E-state index contributed by atoms with van der Waals surface area (Å²) in [5.74, 6) is 0.673. The molecule has 0 aliphatic carbocycles. The molecule has 1 heterocycles. The summed E-state index contributed by atoms with van der Waals surface area (Å²) in [6, 6.07) is 20.6. The second-order valence-electron chi connectivity index (χ2n) is 9.22. The van der Waals surface area contributed by atoms with E-state index >= 15 is 0 Å². The fraction of sp³-hybridized carbons (Fsp3) is 0.400. The van der Waals surface area contributed by atoms with Crippen LogP contribution >= 0.6 is 0 Å². The van der Waals surface area contributed by atoms with E-state index in [0.29, 0.717) is 5.90 Å². The average Bonchev–Trinajstić information content (AvgIpc) is 2.69. The monoisotopic (exact) mass is 407 g/mol. The molecule has 1 aliphatic heterocycles. The summed E-state index contributed by atoms with van der Waals surface area (Å²) in [6.07, 6.45) is 2.30. The molecule has 0 fully saturated rings. The van der Waals surface area contributed by atoms with Gasteiger partial charge in [-0.1, -0.05) is 75.9 Å². The van der Waals surface area contributed by atoms with Gasteiger partial charge in [-0.15, -0.1) is 0 Å². The minimum absolute atomic E-state index is 0.0292. The lowest BCUT2D eigenvalue weighted by molar-refractivity contribution is 0.0328. The van der Waals surface area contributed by atoms with Gasteiger partial charge < -0.3 is 9.16 Å². The summed E-state index contributed by atoms with van der Waals surface area (Å²) in [7, 11) is -2.01. The van der Waals surface area contributed by atoms with Gasteiger partial charge in [-0.05, 0) is 48.3 Å². The quantitative estimate of drug-likeness (QED) is 0.433. The van der Waals surface area contributed by atoms with Crippen molar-refractivity contribution in [1.82, 2.24) is 0 Å². The molecular weight excluding hydrogens is 374 g/mol. The zero-order chi connectivity index (χ0) is 21.1. The Morgan fingerprint density at radius 1 is 1.03 bits per heavy atom. The van der Waals surface area contributed by atoms with E-state index in [1.54, 1.807) is 0 Å². The van der Waals surface area contributed by atoms with Gasteiger partial charge in [0.1, 0.15) is 12.2 Å². The third-order valence-electron chi connectivity index (χ3n) is 6.01. The lowest BCUT2D eigenvalue weighted by atomic mass is 9.96. The third-order valence-corrected chi connectivity index (χ3v) is 10.5. The molecule has 0 unspecified atom stereocenters. The molecule has 2 aromatic rings. The van der Waals surface area contributed by atoms with Crippen LogP contribution in [-0.2, 0) is 15.6 Å². The van der Waals surface area contributed by atoms with Crippen molar-refractivity contribution in [3.63, 3.8) is 0 Å². The largest absolute Gasteiger partial charge is 0.467 e. The Hall–Kier alpha value is -2.17. The molecule has 0 N–H and O–H groups in total. The van der Waals surface area contributed by atoms with Gasteiger partial charge in [-0.2, -0.15) is 0 Å². The van der Waals surface area contributed by atoms with E-state index in [1.165, 1.54) is 5.56 Å². The molecule has 3 nitrogen and oxygen atoms in total. The Morgan fingerprint density at radius 3 is 2.17 bits per heavy atom. The van der Waals surface area contributed by atoms with Crippen LogP contribution in [0, 0.1) is 0 Å². The van der Waals surface area contributed by atoms with Crippen molar-refractivity contribution in [2.75, 3.05) is 0 Å². The standard InChI is InChI=1S/C25H33NO2Si/c1-7-22-23(28-29(5,6)25(2,3)4)21(18-19-14-10-8-11-15-19)26-24(27-22)20-16-12-9-13-17-20/h7-17,21-23H,1,18H2,2-6H3/t21-,22+,23+/m0/s1. The fourth-order valence-corrected chi connectivity index (χ4v) is 4.58. The SMILES string of the molecule is C=C[C@H]1OC(c2ccccc2)=N[C@@H](Cc2ccccc2)[C@H]1O[Si](C)(C)C(C)(C)C. The predicted octanol–water partition coefficient (Wildman–Crippen LogP) is 6.02. The van der Waals surface area contributed by atoms with Crippen LogP contribution in [0.15, 0.2) is 78.3 Å². The first-order valence-corrected chi connectivity index (χ1v) is 13.3. The van der Waals surface area contributed by atoms with Crippen LogP contribution in [0.4, 0.5) is 0 Å². The molecule has 0 saturated heterocycles. The smallest absolute Gasteiger partial charge is 0.217 e. The number of hydrogen-bond acceptors (Lipinski definition) is 3. The highest BCUT2D eigenvalue weighted by Gasteiger charge is 2.45. The summed E-state index contributed by atoms with van der Waals surface area (Å²) in [4.78, 5) is 5.04. The summed E-state index contributed by atoms with van der Waals surface area (Å²) in [5.41, 5.74) is 2.24. The first-order chi connectivity index (χ1) is 13.7. The van der Waals surface area contributed by atoms with Crippen LogP contribution in [-0.4, -0.2) is 32.5 Å². The average molecular weight is 408 g/mol. The third kappa shape index (κ3) is 5.06. The van der Waals surface area contributed by atoms with Gasteiger partial charge in [-0.3, -0.25) is 0 Å². The lowest BCUT2D eigenvalue weighted by Gasteiger charge is -2.44. The number of aliphatic imine (C=N–C) groups is 1. The molecular formula is C25H33NO2Si. The van der Waals surface area contributed by atoms with Gasteiger partial charge in [-0.25, -0.2) is 4.99 Å². The minimum Gasteiger partial charge on any atom is -0.467 e. The molecule has 3 atom stereocenters. The van der Waals surface area contributed by atoms with E-state index in [2.05, 4.69) is 64.7 Å². The van der Waals surface area contributed by atoms with Crippen molar-refractivity contribution in [3.05, 3.63) is 84.4 Å². The molecule has 0 aromatic heterocycles. The molecule has 3 rings (SSSR count). The number of hydrogen-bond donors (Lipinski definition) is 0. The normalized spacial score (nSPS) is 22.5. The molecule has 0 saturated carbocycles. The Morgan fingerprint density at radius 2 is 1.62 bits per heavy atom. The maximum Gasteiger partial charge on any atom is 0.217 e. The maximum atomic E-state index is 6.85. The predicted molar refractivity (Wildman–Crippen MR) is 124 cm³/mol.